The van der Waals surface area contributed by atoms with Crippen molar-refractivity contribution in [2.45, 2.75) is 13.5 Å². The van der Waals surface area contributed by atoms with Gasteiger partial charge in [-0.3, -0.25) is 9.69 Å². The normalized spacial score (nSPS) is 15.8. The monoisotopic (exact) mass is 632 g/mol. The third-order valence-corrected chi connectivity index (χ3v) is 7.31. The minimum Gasteiger partial charge on any atom is -0.487 e. The average Bonchev–Trinajstić information content (AvgIpc) is 3.13. The molecule has 186 valence electrons. The van der Waals surface area contributed by atoms with Crippen molar-refractivity contribution in [2.75, 3.05) is 19.8 Å². The second kappa shape index (κ2) is 12.7. The van der Waals surface area contributed by atoms with E-state index in [0.717, 1.165) is 16.8 Å². The summed E-state index contributed by atoms with van der Waals surface area (Å²) >= 11 is 8.45. The van der Waals surface area contributed by atoms with Gasteiger partial charge >= 0.3 is 0 Å². The van der Waals surface area contributed by atoms with Gasteiger partial charge in [-0.1, -0.05) is 30.3 Å². The molecule has 0 aliphatic carbocycles. The molecule has 0 atom stereocenters. The van der Waals surface area contributed by atoms with E-state index < -0.39 is 0 Å². The number of ether oxygens (including phenoxy) is 2. The summed E-state index contributed by atoms with van der Waals surface area (Å²) in [6.45, 7) is 3.57. The van der Waals surface area contributed by atoms with Crippen LogP contribution in [-0.4, -0.2) is 35.7 Å². The van der Waals surface area contributed by atoms with Crippen LogP contribution in [0, 0.1) is 5.82 Å². The number of hydrogen-bond acceptors (Lipinski definition) is 5. The second-order valence-corrected chi connectivity index (χ2v) is 10.4. The Morgan fingerprint density at radius 2 is 1.81 bits per heavy atom. The Kier molecular flexibility index (Phi) is 9.36. The van der Waals surface area contributed by atoms with Gasteiger partial charge in [-0.15, -0.1) is 0 Å². The van der Waals surface area contributed by atoms with Crippen LogP contribution >= 0.6 is 43.6 Å². The summed E-state index contributed by atoms with van der Waals surface area (Å²) in [5.74, 6) is 0.171. The largest absolute Gasteiger partial charge is 0.487 e. The Morgan fingerprint density at radius 3 is 2.50 bits per heavy atom. The van der Waals surface area contributed by atoms with Crippen LogP contribution < -0.4 is 4.74 Å². The summed E-state index contributed by atoms with van der Waals surface area (Å²) in [5.41, 5.74) is 2.32. The molecule has 0 unspecified atom stereocenters. The number of amidine groups is 1. The van der Waals surface area contributed by atoms with Crippen molar-refractivity contribution in [3.8, 4) is 5.75 Å². The molecule has 0 bridgehead atoms. The lowest BCUT2D eigenvalue weighted by Crippen LogP contribution is -2.32. The van der Waals surface area contributed by atoms with Crippen molar-refractivity contribution < 1.29 is 18.7 Å². The molecule has 5 nitrogen and oxygen atoms in total. The molecule has 36 heavy (non-hydrogen) atoms. The molecule has 1 amide bonds. The lowest BCUT2D eigenvalue weighted by Gasteiger charge is -2.15. The topological polar surface area (TPSA) is 51.1 Å². The molecule has 1 fully saturated rings. The molecule has 0 radical (unpaired) electrons. The van der Waals surface area contributed by atoms with Gasteiger partial charge in [0.1, 0.15) is 18.2 Å². The SMILES string of the molecule is CCOCCN1C(=O)/C(=C/c2cc(Br)c(OCc3cccc(F)c3)c(Br)c2)SC1=Nc1ccccc1. The minimum absolute atomic E-state index is 0.118. The summed E-state index contributed by atoms with van der Waals surface area (Å²) in [4.78, 5) is 20.2. The van der Waals surface area contributed by atoms with Crippen molar-refractivity contribution in [3.63, 3.8) is 0 Å². The molecular weight excluding hydrogens is 611 g/mol. The highest BCUT2D eigenvalue weighted by Gasteiger charge is 2.33. The predicted octanol–water partition coefficient (Wildman–Crippen LogP) is 7.57. The third-order valence-electron chi connectivity index (χ3n) is 5.12. The number of para-hydroxylation sites is 1. The summed E-state index contributed by atoms with van der Waals surface area (Å²) in [6.07, 6.45) is 1.83. The van der Waals surface area contributed by atoms with Gasteiger partial charge in [0.2, 0.25) is 0 Å². The Balaban J connectivity index is 1.56. The first-order valence-corrected chi connectivity index (χ1v) is 13.6. The first kappa shape index (κ1) is 26.6. The van der Waals surface area contributed by atoms with E-state index in [2.05, 4.69) is 31.9 Å². The molecule has 3 aromatic rings. The highest BCUT2D eigenvalue weighted by molar-refractivity contribution is 9.11. The van der Waals surface area contributed by atoms with E-state index in [4.69, 9.17) is 14.5 Å². The summed E-state index contributed by atoms with van der Waals surface area (Å²) in [7, 11) is 0. The Hall–Kier alpha value is -2.46. The number of halogens is 3. The zero-order valence-electron chi connectivity index (χ0n) is 19.4. The molecule has 1 saturated heterocycles. The number of amides is 1. The zero-order valence-corrected chi connectivity index (χ0v) is 23.4. The lowest BCUT2D eigenvalue weighted by atomic mass is 10.2. The maximum atomic E-state index is 13.5. The summed E-state index contributed by atoms with van der Waals surface area (Å²) < 4.78 is 26.3. The van der Waals surface area contributed by atoms with Gasteiger partial charge in [0.25, 0.3) is 5.91 Å². The van der Waals surface area contributed by atoms with Crippen molar-refractivity contribution in [3.05, 3.63) is 97.5 Å². The van der Waals surface area contributed by atoms with Crippen LogP contribution in [0.2, 0.25) is 0 Å². The van der Waals surface area contributed by atoms with Crippen LogP contribution in [0.25, 0.3) is 6.08 Å². The van der Waals surface area contributed by atoms with E-state index >= 15 is 0 Å². The van der Waals surface area contributed by atoms with Crippen LogP contribution in [0.15, 0.2) is 85.6 Å². The van der Waals surface area contributed by atoms with Crippen LogP contribution in [0.1, 0.15) is 18.1 Å². The van der Waals surface area contributed by atoms with E-state index in [-0.39, 0.29) is 18.3 Å². The maximum Gasteiger partial charge on any atom is 0.266 e. The number of nitrogens with zero attached hydrogens (tertiary/aromatic N) is 2. The van der Waals surface area contributed by atoms with Gasteiger partial charge in [0, 0.05) is 6.61 Å². The van der Waals surface area contributed by atoms with E-state index in [1.807, 2.05) is 55.5 Å². The van der Waals surface area contributed by atoms with Gasteiger partial charge in [0.15, 0.2) is 5.17 Å². The molecule has 1 aliphatic rings. The molecule has 1 heterocycles. The minimum atomic E-state index is -0.305. The summed E-state index contributed by atoms with van der Waals surface area (Å²) in [5, 5.41) is 0.616. The molecule has 1 aliphatic heterocycles. The molecular formula is C27H23Br2FN2O3S. The number of rotatable bonds is 9. The van der Waals surface area contributed by atoms with Crippen LogP contribution in [0.3, 0.4) is 0 Å². The highest BCUT2D eigenvalue weighted by atomic mass is 79.9. The van der Waals surface area contributed by atoms with Crippen molar-refractivity contribution in [1.82, 2.24) is 4.90 Å². The first-order valence-electron chi connectivity index (χ1n) is 11.2. The Labute approximate surface area is 230 Å². The summed E-state index contributed by atoms with van der Waals surface area (Å²) in [6, 6.07) is 19.6. The van der Waals surface area contributed by atoms with Crippen LogP contribution in [-0.2, 0) is 16.1 Å². The van der Waals surface area contributed by atoms with E-state index in [0.29, 0.717) is 44.5 Å². The number of aliphatic imine (C=N–C) groups is 1. The van der Waals surface area contributed by atoms with Gasteiger partial charge < -0.3 is 9.47 Å². The molecule has 0 spiro atoms. The van der Waals surface area contributed by atoms with Crippen molar-refractivity contribution in [1.29, 1.82) is 0 Å². The fraction of sp³-hybridized carbons (Fsp3) is 0.185. The number of carbonyl (C=O) groups is 1. The zero-order chi connectivity index (χ0) is 25.5. The predicted molar refractivity (Wildman–Crippen MR) is 150 cm³/mol. The van der Waals surface area contributed by atoms with E-state index in [1.165, 1.54) is 23.9 Å². The number of benzene rings is 3. The van der Waals surface area contributed by atoms with Crippen LogP contribution in [0.5, 0.6) is 5.75 Å². The maximum absolute atomic E-state index is 13.5. The molecule has 0 saturated carbocycles. The van der Waals surface area contributed by atoms with Crippen molar-refractivity contribution in [2.24, 2.45) is 4.99 Å². The molecule has 4 rings (SSSR count). The molecule has 0 N–H and O–H groups in total. The number of hydrogen-bond donors (Lipinski definition) is 0. The number of thioether (sulfide) groups is 1. The Bertz CT molecular complexity index is 1280. The van der Waals surface area contributed by atoms with Gasteiger partial charge in [-0.05, 0) is 104 Å². The molecule has 0 aromatic heterocycles. The van der Waals surface area contributed by atoms with Gasteiger partial charge in [-0.2, -0.15) is 0 Å². The third kappa shape index (κ3) is 6.85. The second-order valence-electron chi connectivity index (χ2n) is 7.73. The van der Waals surface area contributed by atoms with E-state index in [9.17, 15) is 9.18 Å². The average molecular weight is 634 g/mol. The fourth-order valence-corrected chi connectivity index (χ4v) is 5.91. The number of carbonyl (C=O) groups excluding carboxylic acids is 1. The quantitative estimate of drug-likeness (QED) is 0.180. The lowest BCUT2D eigenvalue weighted by molar-refractivity contribution is -0.122. The van der Waals surface area contributed by atoms with Crippen LogP contribution in [0.4, 0.5) is 10.1 Å². The van der Waals surface area contributed by atoms with Gasteiger partial charge in [-0.25, -0.2) is 9.38 Å². The Morgan fingerprint density at radius 1 is 1.06 bits per heavy atom. The molecule has 3 aromatic carbocycles. The van der Waals surface area contributed by atoms with E-state index in [1.54, 1.807) is 17.0 Å². The first-order chi connectivity index (χ1) is 17.4. The molecule has 9 heteroatoms. The standard InChI is InChI=1S/C27H23Br2FN2O3S/c1-2-34-12-11-32-26(33)24(36-27(32)31-21-9-4-3-5-10-21)16-19-14-22(28)25(23(29)15-19)35-17-18-7-6-8-20(30)13-18/h3-10,13-16H,2,11-12,17H2,1H3/b24-16-,31-27?. The smallest absolute Gasteiger partial charge is 0.266 e. The van der Waals surface area contributed by atoms with Crippen molar-refractivity contribution >= 4 is 66.5 Å². The fourth-order valence-electron chi connectivity index (χ4n) is 3.44. The highest BCUT2D eigenvalue weighted by Crippen LogP contribution is 2.38. The van der Waals surface area contributed by atoms with Gasteiger partial charge in [0.05, 0.1) is 32.7 Å².